The van der Waals surface area contributed by atoms with Gasteiger partial charge in [0.2, 0.25) is 0 Å². The van der Waals surface area contributed by atoms with Crippen molar-refractivity contribution in [1.29, 1.82) is 0 Å². The molecule has 1 amide bonds. The Morgan fingerprint density at radius 1 is 1.35 bits per heavy atom. The molecule has 20 heavy (non-hydrogen) atoms. The minimum atomic E-state index is -0.441. The van der Waals surface area contributed by atoms with Gasteiger partial charge in [0.1, 0.15) is 5.56 Å². The van der Waals surface area contributed by atoms with Crippen molar-refractivity contribution in [2.45, 2.75) is 20.8 Å². The monoisotopic (exact) mass is 292 g/mol. The summed E-state index contributed by atoms with van der Waals surface area (Å²) in [6.45, 7) is 5.73. The number of carbonyl (C=O) groups excluding carboxylic acids is 2. The third kappa shape index (κ3) is 2.91. The zero-order valence-electron chi connectivity index (χ0n) is 11.6. The lowest BCUT2D eigenvalue weighted by Gasteiger charge is -2.06. The van der Waals surface area contributed by atoms with E-state index < -0.39 is 5.97 Å². The van der Waals surface area contributed by atoms with E-state index in [2.05, 4.69) is 10.3 Å². The topological polar surface area (TPSA) is 71.2 Å². The van der Waals surface area contributed by atoms with Gasteiger partial charge in [0.15, 0.2) is 0 Å². The molecule has 2 N–H and O–H groups in total. The Morgan fingerprint density at radius 3 is 2.70 bits per heavy atom. The molecule has 0 fully saturated rings. The van der Waals surface area contributed by atoms with Crippen molar-refractivity contribution in [1.82, 2.24) is 4.98 Å². The van der Waals surface area contributed by atoms with Gasteiger partial charge in [0, 0.05) is 16.8 Å². The third-order valence-electron chi connectivity index (χ3n) is 2.77. The van der Waals surface area contributed by atoms with Gasteiger partial charge >= 0.3 is 5.97 Å². The Hall–Kier alpha value is -2.08. The second-order valence-corrected chi connectivity index (χ2v) is 5.58. The smallest absolute Gasteiger partial charge is 0.342 e. The molecule has 0 radical (unpaired) electrons. The van der Waals surface area contributed by atoms with E-state index in [0.717, 1.165) is 4.88 Å². The molecule has 0 bridgehead atoms. The molecule has 0 saturated carbocycles. The number of thiophene rings is 1. The molecular weight excluding hydrogens is 276 g/mol. The van der Waals surface area contributed by atoms with Crippen LogP contribution in [0.1, 0.15) is 37.5 Å². The van der Waals surface area contributed by atoms with Gasteiger partial charge in [-0.05, 0) is 32.9 Å². The van der Waals surface area contributed by atoms with Crippen LogP contribution in [-0.4, -0.2) is 23.5 Å². The molecule has 6 heteroatoms. The molecule has 0 unspecified atom stereocenters. The van der Waals surface area contributed by atoms with Crippen LogP contribution in [0.5, 0.6) is 0 Å². The minimum absolute atomic E-state index is 0.229. The first-order valence-corrected chi connectivity index (χ1v) is 7.07. The lowest BCUT2D eigenvalue weighted by atomic mass is 10.2. The van der Waals surface area contributed by atoms with E-state index in [-0.39, 0.29) is 5.91 Å². The lowest BCUT2D eigenvalue weighted by molar-refractivity contribution is 0.0527. The van der Waals surface area contributed by atoms with E-state index >= 15 is 0 Å². The van der Waals surface area contributed by atoms with Crippen LogP contribution in [0.4, 0.5) is 5.69 Å². The number of aryl methyl sites for hydroxylation is 2. The SMILES string of the molecule is CCOC(=O)c1c(NC(=O)c2ccc(C)s2)c[nH]c1C. The number of H-pyrrole nitrogens is 1. The molecule has 0 spiro atoms. The van der Waals surface area contributed by atoms with Gasteiger partial charge in [-0.25, -0.2) is 4.79 Å². The van der Waals surface area contributed by atoms with E-state index in [9.17, 15) is 9.59 Å². The van der Waals surface area contributed by atoms with Crippen molar-refractivity contribution in [3.05, 3.63) is 39.3 Å². The maximum atomic E-state index is 12.1. The summed E-state index contributed by atoms with van der Waals surface area (Å²) in [6, 6.07) is 3.65. The second-order valence-electron chi connectivity index (χ2n) is 4.29. The molecule has 5 nitrogen and oxygen atoms in total. The van der Waals surface area contributed by atoms with Crippen LogP contribution in [0, 0.1) is 13.8 Å². The molecule has 2 heterocycles. The highest BCUT2D eigenvalue weighted by Crippen LogP contribution is 2.22. The number of rotatable bonds is 4. The Bertz CT molecular complexity index is 643. The van der Waals surface area contributed by atoms with E-state index in [1.54, 1.807) is 26.1 Å². The molecule has 2 aromatic heterocycles. The molecule has 0 atom stereocenters. The first kappa shape index (κ1) is 14.3. The van der Waals surface area contributed by atoms with Gasteiger partial charge in [-0.2, -0.15) is 0 Å². The highest BCUT2D eigenvalue weighted by atomic mass is 32.1. The maximum absolute atomic E-state index is 12.1. The van der Waals surface area contributed by atoms with Gasteiger partial charge in [-0.15, -0.1) is 11.3 Å². The molecular formula is C14H16N2O3S. The maximum Gasteiger partial charge on any atom is 0.342 e. The van der Waals surface area contributed by atoms with Gasteiger partial charge in [-0.3, -0.25) is 4.79 Å². The van der Waals surface area contributed by atoms with E-state index in [4.69, 9.17) is 4.74 Å². The summed E-state index contributed by atoms with van der Waals surface area (Å²) >= 11 is 1.41. The van der Waals surface area contributed by atoms with Crippen LogP contribution in [0.3, 0.4) is 0 Å². The zero-order valence-corrected chi connectivity index (χ0v) is 12.4. The van der Waals surface area contributed by atoms with Gasteiger partial charge in [0.05, 0.1) is 17.2 Å². The van der Waals surface area contributed by atoms with Gasteiger partial charge < -0.3 is 15.0 Å². The van der Waals surface area contributed by atoms with Crippen LogP contribution in [-0.2, 0) is 4.74 Å². The molecule has 0 aliphatic carbocycles. The van der Waals surface area contributed by atoms with E-state index in [1.165, 1.54) is 11.3 Å². The molecule has 0 aliphatic rings. The number of hydrogen-bond acceptors (Lipinski definition) is 4. The van der Waals surface area contributed by atoms with Crippen molar-refractivity contribution in [2.75, 3.05) is 11.9 Å². The predicted octanol–water partition coefficient (Wildman–Crippen LogP) is 3.12. The molecule has 106 valence electrons. The number of amides is 1. The fraction of sp³-hybridized carbons (Fsp3) is 0.286. The van der Waals surface area contributed by atoms with E-state index in [0.29, 0.717) is 28.4 Å². The number of aromatic nitrogens is 1. The quantitative estimate of drug-likeness (QED) is 0.850. The Balaban J connectivity index is 2.22. The average molecular weight is 292 g/mol. The first-order valence-electron chi connectivity index (χ1n) is 6.25. The van der Waals surface area contributed by atoms with Crippen molar-refractivity contribution >= 4 is 28.9 Å². The normalized spacial score (nSPS) is 10.3. The summed E-state index contributed by atoms with van der Waals surface area (Å²) in [5, 5.41) is 2.74. The predicted molar refractivity (Wildman–Crippen MR) is 78.5 cm³/mol. The molecule has 0 aliphatic heterocycles. The summed E-state index contributed by atoms with van der Waals surface area (Å²) in [5.41, 5.74) is 1.48. The Morgan fingerprint density at radius 2 is 2.10 bits per heavy atom. The standard InChI is InChI=1S/C14H16N2O3S/c1-4-19-14(18)12-9(3)15-7-10(12)16-13(17)11-6-5-8(2)20-11/h5-7,15H,4H2,1-3H3,(H,16,17). The molecule has 2 rings (SSSR count). The zero-order chi connectivity index (χ0) is 14.7. The largest absolute Gasteiger partial charge is 0.462 e. The van der Waals surface area contributed by atoms with Crippen LogP contribution >= 0.6 is 11.3 Å². The number of hydrogen-bond donors (Lipinski definition) is 2. The van der Waals surface area contributed by atoms with Crippen molar-refractivity contribution in [3.63, 3.8) is 0 Å². The summed E-state index contributed by atoms with van der Waals surface area (Å²) < 4.78 is 4.99. The lowest BCUT2D eigenvalue weighted by Crippen LogP contribution is -2.14. The number of anilines is 1. The van der Waals surface area contributed by atoms with Crippen LogP contribution in [0.25, 0.3) is 0 Å². The summed E-state index contributed by atoms with van der Waals surface area (Å²) in [6.07, 6.45) is 1.60. The summed E-state index contributed by atoms with van der Waals surface area (Å²) in [7, 11) is 0. The number of aromatic amines is 1. The summed E-state index contributed by atoms with van der Waals surface area (Å²) in [5.74, 6) is -0.670. The Kier molecular flexibility index (Phi) is 4.24. The molecule has 0 saturated heterocycles. The third-order valence-corrected chi connectivity index (χ3v) is 3.77. The van der Waals surface area contributed by atoms with Crippen LogP contribution in [0.15, 0.2) is 18.3 Å². The van der Waals surface area contributed by atoms with Crippen molar-refractivity contribution < 1.29 is 14.3 Å². The highest BCUT2D eigenvalue weighted by Gasteiger charge is 2.20. The Labute approximate surface area is 121 Å². The summed E-state index contributed by atoms with van der Waals surface area (Å²) in [4.78, 5) is 28.6. The van der Waals surface area contributed by atoms with Crippen LogP contribution < -0.4 is 5.32 Å². The highest BCUT2D eigenvalue weighted by molar-refractivity contribution is 7.14. The van der Waals surface area contributed by atoms with E-state index in [1.807, 2.05) is 13.0 Å². The fourth-order valence-corrected chi connectivity index (χ4v) is 2.59. The fourth-order valence-electron chi connectivity index (χ4n) is 1.83. The molecule has 2 aromatic rings. The van der Waals surface area contributed by atoms with Crippen molar-refractivity contribution in [3.8, 4) is 0 Å². The van der Waals surface area contributed by atoms with Crippen LogP contribution in [0.2, 0.25) is 0 Å². The second kappa shape index (κ2) is 5.92. The first-order chi connectivity index (χ1) is 9.52. The number of esters is 1. The average Bonchev–Trinajstić information content (AvgIpc) is 2.96. The van der Waals surface area contributed by atoms with Crippen molar-refractivity contribution in [2.24, 2.45) is 0 Å². The number of nitrogens with one attached hydrogen (secondary N) is 2. The number of carbonyl (C=O) groups is 2. The number of ether oxygens (including phenoxy) is 1. The molecule has 0 aromatic carbocycles. The van der Waals surface area contributed by atoms with Gasteiger partial charge in [-0.1, -0.05) is 0 Å². The minimum Gasteiger partial charge on any atom is -0.462 e. The van der Waals surface area contributed by atoms with Gasteiger partial charge in [0.25, 0.3) is 5.91 Å².